The number of hydrogen-bond donors (Lipinski definition) is 2. The lowest BCUT2D eigenvalue weighted by Gasteiger charge is -2.20. The molecule has 0 amide bonds. The summed E-state index contributed by atoms with van der Waals surface area (Å²) in [4.78, 5) is 0. The van der Waals surface area contributed by atoms with Crippen molar-refractivity contribution in [3.8, 4) is 0 Å². The molecule has 0 aliphatic heterocycles. The molecule has 0 aliphatic rings. The number of nitrogens with two attached hydrogens (primary N) is 1. The average molecular weight is 226 g/mol. The fourth-order valence-electron chi connectivity index (χ4n) is 1.13. The van der Waals surface area contributed by atoms with Gasteiger partial charge in [-0.15, -0.1) is 0 Å². The van der Waals surface area contributed by atoms with Gasteiger partial charge in [0.2, 0.25) is 0 Å². The van der Waals surface area contributed by atoms with Gasteiger partial charge >= 0.3 is 6.18 Å². The lowest BCUT2D eigenvalue weighted by atomic mass is 10.1. The normalized spacial score (nSPS) is 14.0. The van der Waals surface area contributed by atoms with Crippen molar-refractivity contribution in [2.75, 3.05) is 0 Å². The molecule has 0 radical (unpaired) electrons. The molecular formula is C8H7F5N2. The highest BCUT2D eigenvalue weighted by atomic mass is 19.4. The third kappa shape index (κ3) is 2.42. The molecular weight excluding hydrogens is 219 g/mol. The topological polar surface area (TPSA) is 38.0 Å². The van der Waals surface area contributed by atoms with Gasteiger partial charge < -0.3 is 0 Å². The number of halogens is 5. The van der Waals surface area contributed by atoms with Crippen LogP contribution < -0.4 is 11.3 Å². The minimum absolute atomic E-state index is 0.731. The molecule has 1 aromatic carbocycles. The fourth-order valence-corrected chi connectivity index (χ4v) is 1.13. The molecule has 0 heterocycles. The summed E-state index contributed by atoms with van der Waals surface area (Å²) in [6.07, 6.45) is -4.86. The fraction of sp³-hybridized carbons (Fsp3) is 0.250. The number of alkyl halides is 3. The van der Waals surface area contributed by atoms with E-state index < -0.39 is 29.4 Å². The summed E-state index contributed by atoms with van der Waals surface area (Å²) in [6, 6.07) is -0.125. The van der Waals surface area contributed by atoms with Crippen LogP contribution in [0.5, 0.6) is 0 Å². The molecule has 0 saturated carbocycles. The van der Waals surface area contributed by atoms with Crippen LogP contribution in [0.25, 0.3) is 0 Å². The van der Waals surface area contributed by atoms with Gasteiger partial charge in [-0.3, -0.25) is 5.84 Å². The van der Waals surface area contributed by atoms with E-state index in [-0.39, 0.29) is 0 Å². The molecule has 0 bridgehead atoms. The van der Waals surface area contributed by atoms with Crippen LogP contribution >= 0.6 is 0 Å². The van der Waals surface area contributed by atoms with E-state index >= 15 is 0 Å². The second-order valence-corrected chi connectivity index (χ2v) is 2.78. The molecule has 0 saturated heterocycles. The van der Waals surface area contributed by atoms with Crippen molar-refractivity contribution in [1.29, 1.82) is 0 Å². The zero-order chi connectivity index (χ0) is 11.6. The van der Waals surface area contributed by atoms with Crippen LogP contribution in [0.15, 0.2) is 18.2 Å². The van der Waals surface area contributed by atoms with Gasteiger partial charge in [-0.25, -0.2) is 14.2 Å². The van der Waals surface area contributed by atoms with Crippen molar-refractivity contribution in [3.05, 3.63) is 35.4 Å². The van der Waals surface area contributed by atoms with Crippen molar-refractivity contribution in [2.24, 2.45) is 5.84 Å². The second-order valence-electron chi connectivity index (χ2n) is 2.78. The number of hydrazine groups is 1. The Bertz CT molecular complexity index is 329. The summed E-state index contributed by atoms with van der Waals surface area (Å²) < 4.78 is 62.8. The van der Waals surface area contributed by atoms with Crippen molar-refractivity contribution < 1.29 is 22.0 Å². The number of rotatable bonds is 2. The van der Waals surface area contributed by atoms with Gasteiger partial charge in [-0.2, -0.15) is 13.2 Å². The maximum atomic E-state index is 13.0. The van der Waals surface area contributed by atoms with E-state index in [0.717, 1.165) is 18.2 Å². The molecule has 3 N–H and O–H groups in total. The Labute approximate surface area is 81.8 Å². The van der Waals surface area contributed by atoms with E-state index in [1.807, 2.05) is 0 Å². The van der Waals surface area contributed by atoms with Crippen LogP contribution in [0.2, 0.25) is 0 Å². The summed E-state index contributed by atoms with van der Waals surface area (Å²) in [5.74, 6) is 2.03. The largest absolute Gasteiger partial charge is 0.409 e. The first-order valence-electron chi connectivity index (χ1n) is 3.84. The summed E-state index contributed by atoms with van der Waals surface area (Å²) in [5, 5.41) is 0. The van der Waals surface area contributed by atoms with E-state index in [0.29, 0.717) is 0 Å². The van der Waals surface area contributed by atoms with E-state index in [9.17, 15) is 22.0 Å². The molecule has 84 valence electrons. The molecule has 0 aromatic heterocycles. The SMILES string of the molecule is NNC(c1c(F)cccc1F)C(F)(F)F. The highest BCUT2D eigenvalue weighted by Gasteiger charge is 2.43. The maximum Gasteiger partial charge on any atom is 0.409 e. The summed E-state index contributed by atoms with van der Waals surface area (Å²) in [7, 11) is 0. The molecule has 0 aliphatic carbocycles. The van der Waals surface area contributed by atoms with Crippen molar-refractivity contribution in [1.82, 2.24) is 5.43 Å². The standard InChI is InChI=1S/C8H7F5N2/c9-4-2-1-3-5(10)6(4)7(15-14)8(11,12)13/h1-3,7,15H,14H2. The van der Waals surface area contributed by atoms with Gasteiger partial charge in [0.15, 0.2) is 0 Å². The number of hydrogen-bond acceptors (Lipinski definition) is 2. The van der Waals surface area contributed by atoms with Crippen LogP contribution in [-0.2, 0) is 0 Å². The predicted octanol–water partition coefficient (Wildman–Crippen LogP) is 2.03. The quantitative estimate of drug-likeness (QED) is 0.460. The molecule has 2 nitrogen and oxygen atoms in total. The van der Waals surface area contributed by atoms with E-state index in [1.165, 1.54) is 5.43 Å². The van der Waals surface area contributed by atoms with Crippen LogP contribution in [0.3, 0.4) is 0 Å². The summed E-state index contributed by atoms with van der Waals surface area (Å²) >= 11 is 0. The minimum atomic E-state index is -4.86. The smallest absolute Gasteiger partial charge is 0.271 e. The van der Waals surface area contributed by atoms with E-state index in [1.54, 1.807) is 0 Å². The molecule has 1 atom stereocenters. The zero-order valence-electron chi connectivity index (χ0n) is 7.28. The zero-order valence-corrected chi connectivity index (χ0v) is 7.28. The van der Waals surface area contributed by atoms with E-state index in [2.05, 4.69) is 5.84 Å². The Kier molecular flexibility index (Phi) is 3.25. The molecule has 1 unspecified atom stereocenters. The highest BCUT2D eigenvalue weighted by Crippen LogP contribution is 2.34. The van der Waals surface area contributed by atoms with Crippen molar-refractivity contribution in [3.63, 3.8) is 0 Å². The van der Waals surface area contributed by atoms with Gasteiger partial charge in [0, 0.05) is 0 Å². The second kappa shape index (κ2) is 4.11. The lowest BCUT2D eigenvalue weighted by Crippen LogP contribution is -2.39. The van der Waals surface area contributed by atoms with Crippen molar-refractivity contribution >= 4 is 0 Å². The Hall–Kier alpha value is -1.21. The Morgan fingerprint density at radius 2 is 1.60 bits per heavy atom. The predicted molar refractivity (Wildman–Crippen MR) is 42.5 cm³/mol. The Morgan fingerprint density at radius 1 is 1.13 bits per heavy atom. The first-order chi connectivity index (χ1) is 6.88. The van der Waals surface area contributed by atoms with Crippen LogP contribution in [-0.4, -0.2) is 6.18 Å². The van der Waals surface area contributed by atoms with Gasteiger partial charge in [-0.1, -0.05) is 6.07 Å². The average Bonchev–Trinajstić information content (AvgIpc) is 2.09. The third-order valence-corrected chi connectivity index (χ3v) is 1.78. The number of benzene rings is 1. The number of nitrogens with one attached hydrogen (secondary N) is 1. The molecule has 15 heavy (non-hydrogen) atoms. The molecule has 0 spiro atoms. The van der Waals surface area contributed by atoms with Gasteiger partial charge in [0.25, 0.3) is 0 Å². The minimum Gasteiger partial charge on any atom is -0.271 e. The highest BCUT2D eigenvalue weighted by molar-refractivity contribution is 5.24. The third-order valence-electron chi connectivity index (χ3n) is 1.78. The van der Waals surface area contributed by atoms with Gasteiger partial charge in [0.05, 0.1) is 5.56 Å². The van der Waals surface area contributed by atoms with Gasteiger partial charge in [0.1, 0.15) is 17.7 Å². The first kappa shape index (κ1) is 11.9. The lowest BCUT2D eigenvalue weighted by molar-refractivity contribution is -0.159. The summed E-state index contributed by atoms with van der Waals surface area (Å²) in [6.45, 7) is 0. The summed E-state index contributed by atoms with van der Waals surface area (Å²) in [5.41, 5.74) is 0.203. The molecule has 1 rings (SSSR count). The van der Waals surface area contributed by atoms with Crippen LogP contribution in [0, 0.1) is 11.6 Å². The van der Waals surface area contributed by atoms with Crippen LogP contribution in [0.1, 0.15) is 11.6 Å². The van der Waals surface area contributed by atoms with Crippen molar-refractivity contribution in [2.45, 2.75) is 12.2 Å². The van der Waals surface area contributed by atoms with Gasteiger partial charge in [-0.05, 0) is 12.1 Å². The molecule has 0 fully saturated rings. The maximum absolute atomic E-state index is 13.0. The monoisotopic (exact) mass is 226 g/mol. The first-order valence-corrected chi connectivity index (χ1v) is 3.84. The molecule has 7 heteroatoms. The Morgan fingerprint density at radius 3 is 1.93 bits per heavy atom. The van der Waals surface area contributed by atoms with Crippen LogP contribution in [0.4, 0.5) is 22.0 Å². The van der Waals surface area contributed by atoms with E-state index in [4.69, 9.17) is 0 Å². The molecule has 1 aromatic rings. The Balaban J connectivity index is 3.24.